The van der Waals surface area contributed by atoms with Crippen LogP contribution >= 0.6 is 0 Å². The Morgan fingerprint density at radius 3 is 2.64 bits per heavy atom. The van der Waals surface area contributed by atoms with Gasteiger partial charge in [0.1, 0.15) is 5.82 Å². The lowest BCUT2D eigenvalue weighted by Gasteiger charge is -2.09. The van der Waals surface area contributed by atoms with E-state index in [2.05, 4.69) is 10.1 Å². The first-order valence-electron chi connectivity index (χ1n) is 7.00. The molecule has 1 aromatic heterocycles. The lowest BCUT2D eigenvalue weighted by atomic mass is 9.99. The molecule has 0 spiro atoms. The van der Waals surface area contributed by atoms with Crippen molar-refractivity contribution in [1.82, 2.24) is 4.98 Å². The molecule has 110 valence electrons. The molecule has 4 heteroatoms. The molecule has 0 fully saturated rings. The Hall–Kier alpha value is -2.75. The second kappa shape index (κ2) is 5.93. The van der Waals surface area contributed by atoms with Crippen molar-refractivity contribution in [3.8, 4) is 0 Å². The highest BCUT2D eigenvalue weighted by atomic mass is 19.1. The lowest BCUT2D eigenvalue weighted by Crippen LogP contribution is -2.09. The number of fused-ring (bicyclic) bond motifs is 1. The summed E-state index contributed by atoms with van der Waals surface area (Å²) >= 11 is 0. The molecule has 0 aliphatic rings. The second-order valence-corrected chi connectivity index (χ2v) is 5.13. The van der Waals surface area contributed by atoms with Gasteiger partial charge in [-0.1, -0.05) is 41.6 Å². The summed E-state index contributed by atoms with van der Waals surface area (Å²) in [4.78, 5) is 4.55. The number of oxime groups is 1. The number of halogens is 1. The number of aryl methyl sites for hydroxylation is 1. The normalized spacial score (nSPS) is 11.8. The molecule has 0 atom stereocenters. The summed E-state index contributed by atoms with van der Waals surface area (Å²) in [5, 5.41) is 13.6. The van der Waals surface area contributed by atoms with Crippen LogP contribution in [0, 0.1) is 12.7 Å². The van der Waals surface area contributed by atoms with Crippen molar-refractivity contribution < 1.29 is 9.60 Å². The van der Waals surface area contributed by atoms with Crippen LogP contribution in [-0.2, 0) is 6.42 Å². The van der Waals surface area contributed by atoms with Gasteiger partial charge in [0, 0.05) is 23.1 Å². The van der Waals surface area contributed by atoms with E-state index in [9.17, 15) is 9.60 Å². The quantitative estimate of drug-likeness (QED) is 0.449. The van der Waals surface area contributed by atoms with Crippen LogP contribution in [0.4, 0.5) is 4.39 Å². The van der Waals surface area contributed by atoms with Crippen LogP contribution in [0.2, 0.25) is 0 Å². The third kappa shape index (κ3) is 2.68. The second-order valence-electron chi connectivity index (χ2n) is 5.13. The molecule has 0 bridgehead atoms. The maximum Gasteiger partial charge on any atom is 0.132 e. The van der Waals surface area contributed by atoms with E-state index in [-0.39, 0.29) is 0 Å². The van der Waals surface area contributed by atoms with Gasteiger partial charge in [0.15, 0.2) is 0 Å². The summed E-state index contributed by atoms with van der Waals surface area (Å²) in [5.74, 6) is -0.401. The molecular weight excluding hydrogens is 279 g/mol. The summed E-state index contributed by atoms with van der Waals surface area (Å²) in [6, 6.07) is 16.1. The predicted molar refractivity (Wildman–Crippen MR) is 84.9 cm³/mol. The molecule has 3 aromatic rings. The van der Waals surface area contributed by atoms with Gasteiger partial charge in [-0.2, -0.15) is 0 Å². The van der Waals surface area contributed by atoms with E-state index in [1.54, 1.807) is 18.2 Å². The van der Waals surface area contributed by atoms with Crippen LogP contribution in [-0.4, -0.2) is 15.9 Å². The maximum absolute atomic E-state index is 13.9. The molecular formula is C18H15FN2O. The van der Waals surface area contributed by atoms with Crippen molar-refractivity contribution in [2.45, 2.75) is 13.3 Å². The zero-order valence-corrected chi connectivity index (χ0v) is 12.1. The van der Waals surface area contributed by atoms with E-state index in [1.165, 1.54) is 6.07 Å². The number of nitrogens with zero attached hydrogens (tertiary/aromatic N) is 2. The Bertz CT molecular complexity index is 859. The Morgan fingerprint density at radius 1 is 1.14 bits per heavy atom. The number of pyridine rings is 1. The lowest BCUT2D eigenvalue weighted by molar-refractivity contribution is 0.318. The first-order chi connectivity index (χ1) is 10.7. The average Bonchev–Trinajstić information content (AvgIpc) is 2.53. The standard InChI is InChI=1S/C18H15FN2O/c1-12-14(10-13-6-2-5-9-17(13)20-12)11-18(21-22)15-7-3-4-8-16(15)19/h2-10,22H,11H2,1H3/b21-18-. The Morgan fingerprint density at radius 2 is 1.86 bits per heavy atom. The smallest absolute Gasteiger partial charge is 0.132 e. The summed E-state index contributed by atoms with van der Waals surface area (Å²) in [7, 11) is 0. The van der Waals surface area contributed by atoms with Crippen LogP contribution < -0.4 is 0 Å². The van der Waals surface area contributed by atoms with Crippen LogP contribution in [0.1, 0.15) is 16.8 Å². The first kappa shape index (κ1) is 14.2. The highest BCUT2D eigenvalue weighted by Crippen LogP contribution is 2.19. The zero-order valence-electron chi connectivity index (χ0n) is 12.1. The monoisotopic (exact) mass is 294 g/mol. The summed E-state index contributed by atoms with van der Waals surface area (Å²) in [5.41, 5.74) is 3.26. The summed E-state index contributed by atoms with van der Waals surface area (Å²) in [6.07, 6.45) is 0.321. The minimum absolute atomic E-state index is 0.290. The number of rotatable bonds is 3. The number of aromatic nitrogens is 1. The van der Waals surface area contributed by atoms with Crippen molar-refractivity contribution >= 4 is 16.6 Å². The molecule has 1 heterocycles. The van der Waals surface area contributed by atoms with E-state index >= 15 is 0 Å². The fraction of sp³-hybridized carbons (Fsp3) is 0.111. The van der Waals surface area contributed by atoms with Gasteiger partial charge in [0.05, 0.1) is 11.2 Å². The van der Waals surface area contributed by atoms with Crippen LogP contribution in [0.15, 0.2) is 59.8 Å². The summed E-state index contributed by atoms with van der Waals surface area (Å²) in [6.45, 7) is 1.90. The van der Waals surface area contributed by atoms with E-state index in [0.717, 1.165) is 22.2 Å². The number of hydrogen-bond acceptors (Lipinski definition) is 3. The van der Waals surface area contributed by atoms with Crippen LogP contribution in [0.5, 0.6) is 0 Å². The van der Waals surface area contributed by atoms with Crippen LogP contribution in [0.25, 0.3) is 10.9 Å². The molecule has 0 radical (unpaired) electrons. The van der Waals surface area contributed by atoms with Crippen molar-refractivity contribution in [2.75, 3.05) is 0 Å². The van der Waals surface area contributed by atoms with Gasteiger partial charge >= 0.3 is 0 Å². The molecule has 2 aromatic carbocycles. The largest absolute Gasteiger partial charge is 0.411 e. The SMILES string of the molecule is Cc1nc2ccccc2cc1C/C(=N/O)c1ccccc1F. The highest BCUT2D eigenvalue weighted by Gasteiger charge is 2.13. The molecule has 0 amide bonds. The van der Waals surface area contributed by atoms with Gasteiger partial charge in [-0.05, 0) is 30.7 Å². The predicted octanol–water partition coefficient (Wildman–Crippen LogP) is 4.10. The first-order valence-corrected chi connectivity index (χ1v) is 7.00. The Labute approximate surface area is 127 Å². The molecule has 3 nitrogen and oxygen atoms in total. The Kier molecular flexibility index (Phi) is 3.83. The van der Waals surface area contributed by atoms with Gasteiger partial charge in [0.25, 0.3) is 0 Å². The fourth-order valence-electron chi connectivity index (χ4n) is 2.50. The average molecular weight is 294 g/mol. The van der Waals surface area contributed by atoms with Gasteiger partial charge in [-0.15, -0.1) is 0 Å². The van der Waals surface area contributed by atoms with Crippen molar-refractivity contribution in [1.29, 1.82) is 0 Å². The van der Waals surface area contributed by atoms with Gasteiger partial charge in [-0.25, -0.2) is 4.39 Å². The zero-order chi connectivity index (χ0) is 15.5. The number of benzene rings is 2. The minimum atomic E-state index is -0.401. The maximum atomic E-state index is 13.9. The summed E-state index contributed by atoms with van der Waals surface area (Å²) < 4.78 is 13.9. The third-order valence-electron chi connectivity index (χ3n) is 3.68. The molecule has 1 N–H and O–H groups in total. The van der Waals surface area contributed by atoms with Crippen molar-refractivity contribution in [3.63, 3.8) is 0 Å². The number of hydrogen-bond donors (Lipinski definition) is 1. The fourth-order valence-corrected chi connectivity index (χ4v) is 2.50. The molecule has 0 aliphatic carbocycles. The molecule has 3 rings (SSSR count). The van der Waals surface area contributed by atoms with Gasteiger partial charge in [0.2, 0.25) is 0 Å². The molecule has 0 saturated heterocycles. The molecule has 0 aliphatic heterocycles. The van der Waals surface area contributed by atoms with Gasteiger partial charge < -0.3 is 5.21 Å². The van der Waals surface area contributed by atoms with Crippen molar-refractivity contribution in [2.24, 2.45) is 5.16 Å². The molecule has 22 heavy (non-hydrogen) atoms. The Balaban J connectivity index is 2.01. The van der Waals surface area contributed by atoms with Gasteiger partial charge in [-0.3, -0.25) is 4.98 Å². The third-order valence-corrected chi connectivity index (χ3v) is 3.68. The molecule has 0 unspecified atom stereocenters. The number of para-hydroxylation sites is 1. The van der Waals surface area contributed by atoms with E-state index in [0.29, 0.717) is 17.7 Å². The van der Waals surface area contributed by atoms with E-state index in [1.807, 2.05) is 37.3 Å². The topological polar surface area (TPSA) is 45.5 Å². The minimum Gasteiger partial charge on any atom is -0.411 e. The van der Waals surface area contributed by atoms with E-state index < -0.39 is 5.82 Å². The molecule has 0 saturated carbocycles. The highest BCUT2D eigenvalue weighted by molar-refractivity contribution is 6.02. The van der Waals surface area contributed by atoms with E-state index in [4.69, 9.17) is 0 Å². The van der Waals surface area contributed by atoms with Crippen LogP contribution in [0.3, 0.4) is 0 Å². The van der Waals surface area contributed by atoms with Crippen molar-refractivity contribution in [3.05, 3.63) is 77.2 Å².